The van der Waals surface area contributed by atoms with Gasteiger partial charge in [-0.3, -0.25) is 14.5 Å². The maximum Gasteiger partial charge on any atom is 0.244 e. The van der Waals surface area contributed by atoms with Crippen LogP contribution in [0.15, 0.2) is 24.3 Å². The predicted molar refractivity (Wildman–Crippen MR) is 110 cm³/mol. The minimum Gasteiger partial charge on any atom is -0.495 e. The molecule has 0 aliphatic carbocycles. The zero-order valence-corrected chi connectivity index (χ0v) is 17.3. The Morgan fingerprint density at radius 2 is 1.63 bits per heavy atom. The average molecular weight is 389 g/mol. The smallest absolute Gasteiger partial charge is 0.244 e. The van der Waals surface area contributed by atoms with Crippen molar-refractivity contribution in [3.8, 4) is 5.75 Å². The Morgan fingerprint density at radius 1 is 1.04 bits per heavy atom. The summed E-state index contributed by atoms with van der Waals surface area (Å²) in [6.45, 7) is 9.04. The lowest BCUT2D eigenvalue weighted by atomic mass is 10.1. The molecule has 6 heteroatoms. The van der Waals surface area contributed by atoms with Gasteiger partial charge in [0.2, 0.25) is 11.8 Å². The fraction of sp³-hybridized carbons (Fsp3) is 0.333. The lowest BCUT2D eigenvalue weighted by Gasteiger charge is -2.24. The summed E-state index contributed by atoms with van der Waals surface area (Å²) in [6, 6.07) is 7.42. The molecule has 0 bridgehead atoms. The summed E-state index contributed by atoms with van der Waals surface area (Å²) in [4.78, 5) is 26.3. The van der Waals surface area contributed by atoms with Crippen molar-refractivity contribution in [2.24, 2.45) is 0 Å². The van der Waals surface area contributed by atoms with Gasteiger partial charge in [0.15, 0.2) is 0 Å². The van der Waals surface area contributed by atoms with Crippen LogP contribution in [0.3, 0.4) is 0 Å². The normalized spacial score (nSPS) is 10.5. The number of benzene rings is 2. The Balaban J connectivity index is 2.31. The molecule has 2 aromatic carbocycles. The summed E-state index contributed by atoms with van der Waals surface area (Å²) in [5.41, 5.74) is 5.18. The van der Waals surface area contributed by atoms with Gasteiger partial charge in [-0.15, -0.1) is 0 Å². The van der Waals surface area contributed by atoms with Crippen molar-refractivity contribution in [2.45, 2.75) is 34.6 Å². The van der Waals surface area contributed by atoms with E-state index in [-0.39, 0.29) is 18.4 Å². The van der Waals surface area contributed by atoms with Crippen LogP contribution in [0.5, 0.6) is 5.75 Å². The van der Waals surface area contributed by atoms with Gasteiger partial charge >= 0.3 is 0 Å². The van der Waals surface area contributed by atoms with Crippen LogP contribution < -0.4 is 15.0 Å². The fourth-order valence-corrected chi connectivity index (χ4v) is 3.24. The molecule has 1 N–H and O–H groups in total. The summed E-state index contributed by atoms with van der Waals surface area (Å²) in [7, 11) is 1.50. The Hall–Kier alpha value is -2.53. The zero-order valence-electron chi connectivity index (χ0n) is 16.6. The second-order valence-electron chi connectivity index (χ2n) is 6.70. The molecule has 0 heterocycles. The molecule has 0 radical (unpaired) electrons. The molecule has 0 aliphatic rings. The molecular weight excluding hydrogens is 364 g/mol. The minimum atomic E-state index is -0.282. The van der Waals surface area contributed by atoms with E-state index in [1.165, 1.54) is 18.9 Å². The quantitative estimate of drug-likeness (QED) is 0.815. The molecular formula is C21H25ClN2O3. The molecule has 0 saturated heterocycles. The third kappa shape index (κ3) is 4.80. The van der Waals surface area contributed by atoms with E-state index in [2.05, 4.69) is 5.32 Å². The maximum atomic E-state index is 12.7. The van der Waals surface area contributed by atoms with Crippen LogP contribution in [0.25, 0.3) is 0 Å². The third-order valence-electron chi connectivity index (χ3n) is 4.37. The Kier molecular flexibility index (Phi) is 6.50. The van der Waals surface area contributed by atoms with E-state index < -0.39 is 0 Å². The van der Waals surface area contributed by atoms with Gasteiger partial charge < -0.3 is 10.1 Å². The van der Waals surface area contributed by atoms with Crippen LogP contribution in [0.1, 0.15) is 29.2 Å². The standard InChI is InChI=1S/C21H25ClN2O3/c1-12-7-14(3)21(15(4)8-12)23-20(26)11-24(16(5)25)18-9-13(2)17(22)10-19(18)27-6/h7-10H,11H2,1-6H3,(H,23,26). The first kappa shape index (κ1) is 20.8. The van der Waals surface area contributed by atoms with Gasteiger partial charge in [-0.1, -0.05) is 29.3 Å². The van der Waals surface area contributed by atoms with Crippen molar-refractivity contribution in [3.05, 3.63) is 51.5 Å². The summed E-state index contributed by atoms with van der Waals surface area (Å²) >= 11 is 6.15. The van der Waals surface area contributed by atoms with E-state index >= 15 is 0 Å². The number of amides is 2. The van der Waals surface area contributed by atoms with Crippen molar-refractivity contribution >= 4 is 34.8 Å². The first-order valence-corrected chi connectivity index (χ1v) is 9.01. The Morgan fingerprint density at radius 3 is 2.15 bits per heavy atom. The molecule has 2 aromatic rings. The van der Waals surface area contributed by atoms with Crippen molar-refractivity contribution < 1.29 is 14.3 Å². The molecule has 5 nitrogen and oxygen atoms in total. The molecule has 0 fully saturated rings. The number of ether oxygens (including phenoxy) is 1. The predicted octanol–water partition coefficient (Wildman–Crippen LogP) is 4.57. The van der Waals surface area contributed by atoms with E-state index in [0.29, 0.717) is 16.5 Å². The van der Waals surface area contributed by atoms with Crippen LogP contribution in [0.4, 0.5) is 11.4 Å². The molecule has 0 unspecified atom stereocenters. The number of halogens is 1. The van der Waals surface area contributed by atoms with Gasteiger partial charge in [0, 0.05) is 23.7 Å². The monoisotopic (exact) mass is 388 g/mol. The number of methoxy groups -OCH3 is 1. The van der Waals surface area contributed by atoms with Crippen LogP contribution in [0, 0.1) is 27.7 Å². The Labute approximate surface area is 165 Å². The van der Waals surface area contributed by atoms with Crippen LogP contribution in [-0.4, -0.2) is 25.5 Å². The highest BCUT2D eigenvalue weighted by atomic mass is 35.5. The van der Waals surface area contributed by atoms with Gasteiger partial charge in [-0.2, -0.15) is 0 Å². The third-order valence-corrected chi connectivity index (χ3v) is 4.78. The number of hydrogen-bond acceptors (Lipinski definition) is 3. The van der Waals surface area contributed by atoms with Crippen molar-refractivity contribution in [3.63, 3.8) is 0 Å². The van der Waals surface area contributed by atoms with Crippen LogP contribution in [0.2, 0.25) is 5.02 Å². The first-order chi connectivity index (χ1) is 12.6. The van der Waals surface area contributed by atoms with E-state index in [1.54, 1.807) is 12.1 Å². The number of nitrogens with one attached hydrogen (secondary N) is 1. The number of carbonyl (C=O) groups excluding carboxylic acids is 2. The molecule has 2 amide bonds. The van der Waals surface area contributed by atoms with Gasteiger partial charge in [0.25, 0.3) is 0 Å². The number of hydrogen-bond donors (Lipinski definition) is 1. The molecule has 27 heavy (non-hydrogen) atoms. The molecule has 2 rings (SSSR count). The maximum absolute atomic E-state index is 12.7. The molecule has 0 aromatic heterocycles. The average Bonchev–Trinajstić information content (AvgIpc) is 2.57. The lowest BCUT2D eigenvalue weighted by molar-refractivity contribution is -0.120. The topological polar surface area (TPSA) is 58.6 Å². The second kappa shape index (κ2) is 8.44. The highest BCUT2D eigenvalue weighted by molar-refractivity contribution is 6.31. The van der Waals surface area contributed by atoms with Crippen molar-refractivity contribution in [1.29, 1.82) is 0 Å². The van der Waals surface area contributed by atoms with E-state index in [4.69, 9.17) is 16.3 Å². The molecule has 0 saturated carbocycles. The summed E-state index contributed by atoms with van der Waals surface area (Å²) < 4.78 is 5.35. The van der Waals surface area contributed by atoms with Crippen LogP contribution >= 0.6 is 11.6 Å². The highest BCUT2D eigenvalue weighted by Crippen LogP contribution is 2.34. The lowest BCUT2D eigenvalue weighted by Crippen LogP contribution is -2.37. The number of nitrogens with zero attached hydrogens (tertiary/aromatic N) is 1. The number of aryl methyl sites for hydroxylation is 4. The van der Waals surface area contributed by atoms with Crippen LogP contribution in [-0.2, 0) is 9.59 Å². The largest absolute Gasteiger partial charge is 0.495 e. The number of anilines is 2. The van der Waals surface area contributed by atoms with E-state index in [1.807, 2.05) is 39.8 Å². The van der Waals surface area contributed by atoms with E-state index in [9.17, 15) is 9.59 Å². The number of carbonyl (C=O) groups is 2. The highest BCUT2D eigenvalue weighted by Gasteiger charge is 2.21. The fourth-order valence-electron chi connectivity index (χ4n) is 3.09. The summed E-state index contributed by atoms with van der Waals surface area (Å²) in [5, 5.41) is 3.46. The number of rotatable bonds is 5. The Bertz CT molecular complexity index is 870. The van der Waals surface area contributed by atoms with Crippen molar-refractivity contribution in [2.75, 3.05) is 23.9 Å². The molecule has 144 valence electrons. The van der Waals surface area contributed by atoms with Crippen molar-refractivity contribution in [1.82, 2.24) is 0 Å². The SMILES string of the molecule is COc1cc(Cl)c(C)cc1N(CC(=O)Nc1c(C)cc(C)cc1C)C(C)=O. The van der Waals surface area contributed by atoms with Gasteiger partial charge in [0.05, 0.1) is 12.8 Å². The first-order valence-electron chi connectivity index (χ1n) is 8.64. The molecule has 0 aliphatic heterocycles. The minimum absolute atomic E-state index is 0.125. The van der Waals surface area contributed by atoms with Gasteiger partial charge in [-0.25, -0.2) is 0 Å². The van der Waals surface area contributed by atoms with Gasteiger partial charge in [-0.05, 0) is 50.5 Å². The van der Waals surface area contributed by atoms with E-state index in [0.717, 1.165) is 27.9 Å². The zero-order chi connectivity index (χ0) is 20.3. The molecule has 0 spiro atoms. The van der Waals surface area contributed by atoms with Gasteiger partial charge in [0.1, 0.15) is 12.3 Å². The summed E-state index contributed by atoms with van der Waals surface area (Å²) in [5.74, 6) is -0.103. The summed E-state index contributed by atoms with van der Waals surface area (Å²) in [6.07, 6.45) is 0. The molecule has 0 atom stereocenters. The second-order valence-corrected chi connectivity index (χ2v) is 7.11.